The van der Waals surface area contributed by atoms with Crippen molar-refractivity contribution in [1.82, 2.24) is 9.80 Å². The lowest BCUT2D eigenvalue weighted by atomic mass is 9.95. The third kappa shape index (κ3) is 6.53. The van der Waals surface area contributed by atoms with Gasteiger partial charge in [0.25, 0.3) is 0 Å². The first-order valence-corrected chi connectivity index (χ1v) is 12.4. The van der Waals surface area contributed by atoms with Gasteiger partial charge in [-0.2, -0.15) is 5.26 Å². The molecule has 2 aliphatic rings. The summed E-state index contributed by atoms with van der Waals surface area (Å²) in [4.78, 5) is 16.7. The largest absolute Gasteiger partial charge is 0.373 e. The third-order valence-corrected chi connectivity index (χ3v) is 7.25. The molecule has 1 aromatic rings. The SMILES string of the molecule is CC1CN(CC2CCN(C(=O)CS(=O)(=O)Cc3ccc(C#N)cc3)CC2)CC(C)O1. The molecule has 3 rings (SSSR count). The number of nitriles is 1. The summed E-state index contributed by atoms with van der Waals surface area (Å²) >= 11 is 0. The van der Waals surface area contributed by atoms with Crippen LogP contribution in [-0.2, 0) is 25.1 Å². The molecule has 2 aliphatic heterocycles. The lowest BCUT2D eigenvalue weighted by Crippen LogP contribution is -2.49. The average Bonchev–Trinajstić information content (AvgIpc) is 2.67. The van der Waals surface area contributed by atoms with Gasteiger partial charge in [0.2, 0.25) is 5.91 Å². The maximum atomic E-state index is 12.6. The number of carbonyl (C=O) groups is 1. The fourth-order valence-corrected chi connectivity index (χ4v) is 5.78. The Labute approximate surface area is 179 Å². The van der Waals surface area contributed by atoms with Crippen LogP contribution in [0.2, 0.25) is 0 Å². The van der Waals surface area contributed by atoms with Crippen molar-refractivity contribution >= 4 is 15.7 Å². The first kappa shape index (κ1) is 22.7. The molecule has 0 aliphatic carbocycles. The molecule has 0 radical (unpaired) electrons. The van der Waals surface area contributed by atoms with Gasteiger partial charge in [-0.25, -0.2) is 8.42 Å². The second-order valence-electron chi connectivity index (χ2n) is 8.64. The fraction of sp³-hybridized carbons (Fsp3) is 0.636. The summed E-state index contributed by atoms with van der Waals surface area (Å²) in [5, 5.41) is 8.83. The second kappa shape index (κ2) is 9.90. The van der Waals surface area contributed by atoms with Crippen molar-refractivity contribution in [2.45, 2.75) is 44.6 Å². The maximum Gasteiger partial charge on any atom is 0.237 e. The van der Waals surface area contributed by atoms with E-state index in [0.29, 0.717) is 30.1 Å². The van der Waals surface area contributed by atoms with E-state index in [-0.39, 0.29) is 23.9 Å². The highest BCUT2D eigenvalue weighted by Gasteiger charge is 2.29. The third-order valence-electron chi connectivity index (χ3n) is 5.79. The summed E-state index contributed by atoms with van der Waals surface area (Å²) in [5.41, 5.74) is 1.07. The van der Waals surface area contributed by atoms with E-state index < -0.39 is 15.6 Å². The van der Waals surface area contributed by atoms with Crippen LogP contribution in [0.15, 0.2) is 24.3 Å². The van der Waals surface area contributed by atoms with Crippen molar-refractivity contribution in [2.24, 2.45) is 5.92 Å². The zero-order valence-corrected chi connectivity index (χ0v) is 18.6. The Hall–Kier alpha value is -1.95. The van der Waals surface area contributed by atoms with E-state index in [9.17, 15) is 13.2 Å². The highest BCUT2D eigenvalue weighted by Crippen LogP contribution is 2.21. The van der Waals surface area contributed by atoms with Crippen LogP contribution in [0.25, 0.3) is 0 Å². The van der Waals surface area contributed by atoms with E-state index in [2.05, 4.69) is 18.7 Å². The van der Waals surface area contributed by atoms with Crippen molar-refractivity contribution in [1.29, 1.82) is 5.26 Å². The van der Waals surface area contributed by atoms with Gasteiger partial charge in [-0.3, -0.25) is 9.69 Å². The summed E-state index contributed by atoms with van der Waals surface area (Å²) < 4.78 is 30.7. The van der Waals surface area contributed by atoms with Crippen molar-refractivity contribution < 1.29 is 17.9 Å². The van der Waals surface area contributed by atoms with Crippen molar-refractivity contribution in [3.8, 4) is 6.07 Å². The number of likely N-dealkylation sites (tertiary alicyclic amines) is 1. The zero-order chi connectivity index (χ0) is 21.7. The summed E-state index contributed by atoms with van der Waals surface area (Å²) in [6.45, 7) is 8.33. The molecule has 8 heteroatoms. The van der Waals surface area contributed by atoms with Gasteiger partial charge in [0.15, 0.2) is 9.84 Å². The predicted molar refractivity (Wildman–Crippen MR) is 114 cm³/mol. The van der Waals surface area contributed by atoms with Crippen LogP contribution >= 0.6 is 0 Å². The Morgan fingerprint density at radius 1 is 1.13 bits per heavy atom. The summed E-state index contributed by atoms with van der Waals surface area (Å²) in [7, 11) is -3.55. The average molecular weight is 434 g/mol. The zero-order valence-electron chi connectivity index (χ0n) is 17.8. The molecule has 0 N–H and O–H groups in total. The van der Waals surface area contributed by atoms with Gasteiger partial charge in [-0.15, -0.1) is 0 Å². The number of nitrogens with zero attached hydrogens (tertiary/aromatic N) is 3. The standard InChI is InChI=1S/C22H31N3O4S/c1-17-12-24(13-18(2)29-17)14-20-7-9-25(10-8-20)22(26)16-30(27,28)15-21-5-3-19(11-23)4-6-21/h3-6,17-18,20H,7-10,12-16H2,1-2H3. The number of carbonyl (C=O) groups excluding carboxylic acids is 1. The Kier molecular flexibility index (Phi) is 7.50. The molecule has 2 saturated heterocycles. The van der Waals surface area contributed by atoms with Crippen LogP contribution in [0.4, 0.5) is 0 Å². The van der Waals surface area contributed by atoms with Gasteiger partial charge in [0.1, 0.15) is 5.75 Å². The smallest absolute Gasteiger partial charge is 0.237 e. The van der Waals surface area contributed by atoms with Crippen LogP contribution in [-0.4, -0.2) is 74.8 Å². The van der Waals surface area contributed by atoms with Gasteiger partial charge in [-0.05, 0) is 50.3 Å². The number of ether oxygens (including phenoxy) is 1. The monoisotopic (exact) mass is 433 g/mol. The second-order valence-corrected chi connectivity index (χ2v) is 10.7. The molecular weight excluding hydrogens is 402 g/mol. The number of hydrogen-bond acceptors (Lipinski definition) is 6. The lowest BCUT2D eigenvalue weighted by Gasteiger charge is -2.39. The van der Waals surface area contributed by atoms with E-state index in [1.807, 2.05) is 6.07 Å². The van der Waals surface area contributed by atoms with Gasteiger partial charge >= 0.3 is 0 Å². The first-order valence-electron chi connectivity index (χ1n) is 10.6. The van der Waals surface area contributed by atoms with Crippen molar-refractivity contribution in [3.05, 3.63) is 35.4 Å². The first-order chi connectivity index (χ1) is 14.2. The van der Waals surface area contributed by atoms with E-state index in [1.165, 1.54) is 0 Å². The van der Waals surface area contributed by atoms with E-state index >= 15 is 0 Å². The Bertz CT molecular complexity index is 861. The molecule has 2 heterocycles. The highest BCUT2D eigenvalue weighted by molar-refractivity contribution is 7.91. The minimum absolute atomic E-state index is 0.186. The molecular formula is C22H31N3O4S. The molecule has 0 saturated carbocycles. The van der Waals surface area contributed by atoms with Crippen LogP contribution in [0.1, 0.15) is 37.8 Å². The number of piperidine rings is 1. The molecule has 30 heavy (non-hydrogen) atoms. The van der Waals surface area contributed by atoms with Crippen LogP contribution in [0.5, 0.6) is 0 Å². The molecule has 2 fully saturated rings. The number of amides is 1. The molecule has 0 aromatic heterocycles. The Balaban J connectivity index is 1.45. The minimum Gasteiger partial charge on any atom is -0.373 e. The van der Waals surface area contributed by atoms with Crippen molar-refractivity contribution in [3.63, 3.8) is 0 Å². The Morgan fingerprint density at radius 3 is 2.30 bits per heavy atom. The number of morpholine rings is 1. The minimum atomic E-state index is -3.55. The summed E-state index contributed by atoms with van der Waals surface area (Å²) in [6, 6.07) is 8.44. The topological polar surface area (TPSA) is 90.7 Å². The normalized spacial score (nSPS) is 23.8. The fourth-order valence-electron chi connectivity index (χ4n) is 4.42. The number of benzene rings is 1. The summed E-state index contributed by atoms with van der Waals surface area (Å²) in [5.74, 6) is -0.428. The molecule has 0 spiro atoms. The molecule has 2 unspecified atom stereocenters. The molecule has 7 nitrogen and oxygen atoms in total. The van der Waals surface area contributed by atoms with Crippen LogP contribution in [0, 0.1) is 17.2 Å². The molecule has 1 amide bonds. The predicted octanol–water partition coefficient (Wildman–Crippen LogP) is 1.82. The number of sulfone groups is 1. The number of hydrogen-bond donors (Lipinski definition) is 0. The van der Waals surface area contributed by atoms with Crippen LogP contribution < -0.4 is 0 Å². The van der Waals surface area contributed by atoms with Crippen LogP contribution in [0.3, 0.4) is 0 Å². The quantitative estimate of drug-likeness (QED) is 0.680. The maximum absolute atomic E-state index is 12.6. The molecule has 164 valence electrons. The molecule has 2 atom stereocenters. The van der Waals surface area contributed by atoms with Gasteiger partial charge in [0.05, 0.1) is 29.6 Å². The number of rotatable bonds is 6. The van der Waals surface area contributed by atoms with E-state index in [1.54, 1.807) is 29.2 Å². The molecule has 1 aromatic carbocycles. The van der Waals surface area contributed by atoms with E-state index in [0.717, 1.165) is 32.5 Å². The van der Waals surface area contributed by atoms with E-state index in [4.69, 9.17) is 10.00 Å². The summed E-state index contributed by atoms with van der Waals surface area (Å²) in [6.07, 6.45) is 2.30. The van der Waals surface area contributed by atoms with Crippen molar-refractivity contribution in [2.75, 3.05) is 38.5 Å². The van der Waals surface area contributed by atoms with Gasteiger partial charge < -0.3 is 9.64 Å². The highest BCUT2D eigenvalue weighted by atomic mass is 32.2. The van der Waals surface area contributed by atoms with Gasteiger partial charge in [-0.1, -0.05) is 12.1 Å². The molecule has 0 bridgehead atoms. The van der Waals surface area contributed by atoms with Gasteiger partial charge in [0, 0.05) is 32.7 Å². The Morgan fingerprint density at radius 2 is 1.73 bits per heavy atom. The lowest BCUT2D eigenvalue weighted by molar-refractivity contribution is -0.130.